The Morgan fingerprint density at radius 1 is 0.627 bits per heavy atom. The van der Waals surface area contributed by atoms with Gasteiger partial charge in [0.15, 0.2) is 0 Å². The number of hydrogen-bond acceptors (Lipinski definition) is 9. The Morgan fingerprint density at radius 2 is 1.02 bits per heavy atom. The second-order valence-corrected chi connectivity index (χ2v) is 13.0. The van der Waals surface area contributed by atoms with Crippen molar-refractivity contribution in [1.29, 1.82) is 0 Å². The monoisotopic (exact) mass is 757 g/mol. The zero-order chi connectivity index (χ0) is 36.8. The molecule has 2 heterocycles. The molecule has 4 aromatic rings. The Morgan fingerprint density at radius 3 is 1.41 bits per heavy atom. The van der Waals surface area contributed by atoms with E-state index in [0.717, 1.165) is 0 Å². The summed E-state index contributed by atoms with van der Waals surface area (Å²) in [5.41, 5.74) is 7.21. The van der Waals surface area contributed by atoms with Crippen LogP contribution in [0.4, 0.5) is 32.3 Å². The van der Waals surface area contributed by atoms with Gasteiger partial charge in [-0.3, -0.25) is 20.2 Å². The van der Waals surface area contributed by atoms with Crippen LogP contribution in [0.15, 0.2) is 85.2 Å². The maximum atomic E-state index is 12.3. The van der Waals surface area contributed by atoms with Crippen molar-refractivity contribution in [3.8, 4) is 0 Å². The van der Waals surface area contributed by atoms with Gasteiger partial charge in [0.25, 0.3) is 11.1 Å². The number of carbonyl (C=O) groups is 4. The Bertz CT molecular complexity index is 1730. The van der Waals surface area contributed by atoms with Crippen LogP contribution in [0.3, 0.4) is 0 Å². The number of nitrogen functional groups attached to an aromatic ring is 1. The van der Waals surface area contributed by atoms with Crippen LogP contribution in [0.25, 0.3) is 0 Å². The van der Waals surface area contributed by atoms with Crippen molar-refractivity contribution in [3.05, 3.63) is 107 Å². The third-order valence-electron chi connectivity index (χ3n) is 5.35. The molecule has 0 aliphatic heterocycles. The maximum Gasteiger partial charge on any atom is 0.412 e. The lowest BCUT2D eigenvalue weighted by molar-refractivity contribution is 0.0624. The Kier molecular flexibility index (Phi) is 19.4. The van der Waals surface area contributed by atoms with Crippen LogP contribution < -0.4 is 21.7 Å². The third-order valence-corrected chi connectivity index (χ3v) is 6.02. The Balaban J connectivity index is 0.000000793. The van der Waals surface area contributed by atoms with Crippen molar-refractivity contribution in [2.45, 2.75) is 60.2 Å². The van der Waals surface area contributed by atoms with E-state index < -0.39 is 28.6 Å². The van der Waals surface area contributed by atoms with Crippen molar-refractivity contribution >= 4 is 89.3 Å². The second-order valence-electron chi connectivity index (χ2n) is 11.9. The predicted molar refractivity (Wildman–Crippen MR) is 206 cm³/mol. The molecule has 0 fully saturated rings. The molecule has 0 saturated carbocycles. The lowest BCUT2D eigenvalue weighted by Crippen LogP contribution is -2.27. The minimum Gasteiger partial charge on any atom is -0.444 e. The molecule has 0 atom stereocenters. The number of pyridine rings is 2. The Hall–Kier alpha value is -4.85. The Labute approximate surface area is 315 Å². The van der Waals surface area contributed by atoms with Crippen LogP contribution >= 0.6 is 34.8 Å². The van der Waals surface area contributed by atoms with Gasteiger partial charge >= 0.3 is 12.2 Å². The number of halogens is 3. The summed E-state index contributed by atoms with van der Waals surface area (Å²) in [4.78, 5) is 53.5. The molecule has 0 aliphatic carbocycles. The van der Waals surface area contributed by atoms with Gasteiger partial charge in [-0.15, -0.1) is 0 Å². The van der Waals surface area contributed by atoms with E-state index in [4.69, 9.17) is 50.0 Å². The molecular weight excluding hydrogens is 718 g/mol. The largest absolute Gasteiger partial charge is 0.444 e. The summed E-state index contributed by atoms with van der Waals surface area (Å²) in [6.45, 7) is 10.7. The average molecular weight is 759 g/mol. The molecule has 3 radical (unpaired) electrons. The molecule has 271 valence electrons. The number of para-hydroxylation sites is 4. The van der Waals surface area contributed by atoms with Gasteiger partial charge in [-0.25, -0.2) is 19.6 Å². The molecule has 5 N–H and O–H groups in total. The van der Waals surface area contributed by atoms with Gasteiger partial charge in [0.2, 0.25) is 0 Å². The van der Waals surface area contributed by atoms with Crippen LogP contribution in [0.5, 0.6) is 0 Å². The molecule has 16 heteroatoms. The molecule has 0 spiro atoms. The molecule has 4 rings (SSSR count). The van der Waals surface area contributed by atoms with Crippen molar-refractivity contribution in [2.75, 3.05) is 21.7 Å². The van der Waals surface area contributed by atoms with Gasteiger partial charge in [-0.05, 0) is 102 Å². The van der Waals surface area contributed by atoms with Crippen LogP contribution in [0.2, 0.25) is 10.3 Å². The van der Waals surface area contributed by atoms with Crippen molar-refractivity contribution in [1.82, 2.24) is 9.97 Å². The van der Waals surface area contributed by atoms with Crippen LogP contribution in [0, 0.1) is 0 Å². The topological polar surface area (TPSA) is 175 Å². The second kappa shape index (κ2) is 21.4. The van der Waals surface area contributed by atoms with E-state index in [2.05, 4.69) is 25.9 Å². The molecular formula is C35H41BCl3N6O6. The van der Waals surface area contributed by atoms with E-state index in [1.165, 1.54) is 30.6 Å². The van der Waals surface area contributed by atoms with E-state index >= 15 is 0 Å². The molecule has 3 amide bonds. The van der Waals surface area contributed by atoms with Crippen molar-refractivity contribution in [2.24, 2.45) is 0 Å². The summed E-state index contributed by atoms with van der Waals surface area (Å²) in [7, 11) is 0. The first-order valence-corrected chi connectivity index (χ1v) is 15.6. The highest BCUT2D eigenvalue weighted by Crippen LogP contribution is 2.23. The summed E-state index contributed by atoms with van der Waals surface area (Å²) < 4.78 is 10.3. The molecule has 51 heavy (non-hydrogen) atoms. The molecule has 0 bridgehead atoms. The zero-order valence-corrected chi connectivity index (χ0v) is 30.5. The molecule has 0 unspecified atom stereocenters. The van der Waals surface area contributed by atoms with Crippen LogP contribution in [-0.4, -0.2) is 52.9 Å². The van der Waals surface area contributed by atoms with Crippen molar-refractivity contribution < 1.29 is 28.7 Å². The number of amides is 3. The van der Waals surface area contributed by atoms with E-state index in [-0.39, 0.29) is 21.7 Å². The number of rotatable bonds is 5. The fourth-order valence-corrected chi connectivity index (χ4v) is 3.67. The van der Waals surface area contributed by atoms with Crippen LogP contribution in [0.1, 0.15) is 69.7 Å². The molecule has 0 aliphatic rings. The summed E-state index contributed by atoms with van der Waals surface area (Å²) >= 11 is 16.3. The highest BCUT2D eigenvalue weighted by molar-refractivity contribution is 6.67. The fourth-order valence-electron chi connectivity index (χ4n) is 3.34. The smallest absolute Gasteiger partial charge is 0.412 e. The highest BCUT2D eigenvalue weighted by atomic mass is 35.5. The lowest BCUT2D eigenvalue weighted by atomic mass is 10.2. The fraction of sp³-hybridized carbons (Fsp3) is 0.257. The predicted octanol–water partition coefficient (Wildman–Crippen LogP) is 9.32. The molecule has 2 aromatic carbocycles. The van der Waals surface area contributed by atoms with Crippen LogP contribution in [-0.2, 0) is 9.47 Å². The molecule has 2 aromatic heterocycles. The number of nitrogens with one attached hydrogen (secondary N) is 3. The van der Waals surface area contributed by atoms with E-state index in [9.17, 15) is 19.2 Å². The standard InChI is InChI=1S/C17H18ClN3O3.C11H16N2O2.C6H3Cl2NO.CH4.B/c1-17(2,3)24-16(23)21-13-7-5-4-6-12(13)20-15(22)11-8-9-14(18)19-10-11;1-11(2,3)15-10(14)13-9-7-5-4-6-8(9)12;7-5-2-1-4(3-9-5)6(8)10;;/h4-10H,1-3H3,(H,20,22)(H,21,23);4-7H,12H2,1-3H3,(H,13,14);1-3H;1H4;. The van der Waals surface area contributed by atoms with Gasteiger partial charge in [0.05, 0.1) is 33.9 Å². The molecule has 0 saturated heterocycles. The summed E-state index contributed by atoms with van der Waals surface area (Å²) in [6.07, 6.45) is 1.61. The summed E-state index contributed by atoms with van der Waals surface area (Å²) in [5.74, 6) is -0.363. The number of aromatic nitrogens is 2. The minimum atomic E-state index is -0.614. The SMILES string of the molecule is C.CC(C)(C)OC(=O)Nc1ccccc1N.CC(C)(C)OC(=O)Nc1ccccc1NC(=O)c1ccc(Cl)nc1.O=C(Cl)c1ccc(Cl)nc1.[B]. The number of hydrogen-bond donors (Lipinski definition) is 4. The quantitative estimate of drug-likeness (QED) is 0.0669. The zero-order valence-electron chi connectivity index (χ0n) is 28.2. The maximum absolute atomic E-state index is 12.3. The normalized spacial score (nSPS) is 10.1. The van der Waals surface area contributed by atoms with Gasteiger partial charge < -0.3 is 20.5 Å². The number of nitrogens with two attached hydrogens (primary N) is 1. The summed E-state index contributed by atoms with van der Waals surface area (Å²) in [6, 6.07) is 20.0. The summed E-state index contributed by atoms with van der Waals surface area (Å²) in [5, 5.41) is 8.05. The number of benzene rings is 2. The van der Waals surface area contributed by atoms with Crippen molar-refractivity contribution in [3.63, 3.8) is 0 Å². The number of ether oxygens (including phenoxy) is 2. The van der Waals surface area contributed by atoms with E-state index in [0.29, 0.717) is 44.2 Å². The minimum absolute atomic E-state index is 0. The van der Waals surface area contributed by atoms with Gasteiger partial charge in [0.1, 0.15) is 21.5 Å². The first-order chi connectivity index (χ1) is 22.8. The first kappa shape index (κ1) is 46.2. The molecule has 12 nitrogen and oxygen atoms in total. The average Bonchev–Trinajstić information content (AvgIpc) is 2.99. The third kappa shape index (κ3) is 18.6. The van der Waals surface area contributed by atoms with Gasteiger partial charge in [0, 0.05) is 20.8 Å². The van der Waals surface area contributed by atoms with E-state index in [1.54, 1.807) is 96.1 Å². The first-order valence-electron chi connectivity index (χ1n) is 14.5. The highest BCUT2D eigenvalue weighted by Gasteiger charge is 2.18. The lowest BCUT2D eigenvalue weighted by Gasteiger charge is -2.20. The van der Waals surface area contributed by atoms with Gasteiger partial charge in [-0.1, -0.05) is 54.9 Å². The number of carbonyl (C=O) groups excluding carboxylic acids is 4. The number of nitrogens with zero attached hydrogens (tertiary/aromatic N) is 2. The number of anilines is 4. The van der Waals surface area contributed by atoms with Gasteiger partial charge in [-0.2, -0.15) is 0 Å². The van der Waals surface area contributed by atoms with E-state index in [1.807, 2.05) is 0 Å².